The van der Waals surface area contributed by atoms with Crippen molar-refractivity contribution in [1.29, 1.82) is 0 Å². The molecular weight excluding hydrogens is 333 g/mol. The smallest absolute Gasteiger partial charge is 0.421 e. The van der Waals surface area contributed by atoms with E-state index in [1.165, 1.54) is 0 Å². The van der Waals surface area contributed by atoms with Gasteiger partial charge in [-0.3, -0.25) is 4.79 Å². The highest BCUT2D eigenvalue weighted by atomic mass is 19.4. The Bertz CT molecular complexity index is 637. The lowest BCUT2D eigenvalue weighted by molar-refractivity contribution is -0.138. The summed E-state index contributed by atoms with van der Waals surface area (Å²) in [6.07, 6.45) is -8.25. The summed E-state index contributed by atoms with van der Waals surface area (Å²) in [6.45, 7) is 4.40. The molecule has 0 aromatic carbocycles. The molecule has 0 spiro atoms. The van der Waals surface area contributed by atoms with E-state index in [0.717, 1.165) is 6.20 Å². The highest BCUT2D eigenvalue weighted by molar-refractivity contribution is 5.67. The maximum absolute atomic E-state index is 12.7. The molecule has 4 N–H and O–H groups in total. The lowest BCUT2D eigenvalue weighted by atomic mass is 10.0. The van der Waals surface area contributed by atoms with Crippen molar-refractivity contribution in [1.82, 2.24) is 10.3 Å². The molecule has 1 heterocycles. The van der Waals surface area contributed by atoms with Crippen molar-refractivity contribution in [2.45, 2.75) is 44.8 Å². The van der Waals surface area contributed by atoms with Crippen LogP contribution in [0.3, 0.4) is 0 Å². The van der Waals surface area contributed by atoms with Gasteiger partial charge in [-0.1, -0.05) is 0 Å². The van der Waals surface area contributed by atoms with Crippen LogP contribution in [0.25, 0.3) is 0 Å². The van der Waals surface area contributed by atoms with Crippen molar-refractivity contribution in [3.63, 3.8) is 0 Å². The molecule has 1 amide bonds. The first-order valence-electron chi connectivity index (χ1n) is 6.94. The number of ether oxygens (including phenoxy) is 1. The van der Waals surface area contributed by atoms with Crippen molar-refractivity contribution in [3.05, 3.63) is 33.7 Å². The van der Waals surface area contributed by atoms with E-state index in [1.54, 1.807) is 20.8 Å². The molecular formula is C14H19F3N2O5. The Morgan fingerprint density at radius 1 is 1.33 bits per heavy atom. The molecule has 2 unspecified atom stereocenters. The van der Waals surface area contributed by atoms with Gasteiger partial charge in [0.05, 0.1) is 0 Å². The number of H-pyrrole nitrogens is 1. The number of hydrogen-bond acceptors (Lipinski definition) is 5. The molecule has 1 aromatic rings. The van der Waals surface area contributed by atoms with Gasteiger partial charge >= 0.3 is 12.3 Å². The van der Waals surface area contributed by atoms with Crippen molar-refractivity contribution in [2.24, 2.45) is 0 Å². The second-order valence-electron chi connectivity index (χ2n) is 6.07. The predicted octanol–water partition coefficient (Wildman–Crippen LogP) is 1.31. The molecule has 24 heavy (non-hydrogen) atoms. The molecule has 0 aliphatic rings. The van der Waals surface area contributed by atoms with E-state index in [0.29, 0.717) is 6.07 Å². The van der Waals surface area contributed by atoms with Crippen molar-refractivity contribution >= 4 is 6.09 Å². The van der Waals surface area contributed by atoms with Crippen LogP contribution in [-0.2, 0) is 10.9 Å². The summed E-state index contributed by atoms with van der Waals surface area (Å²) in [4.78, 5) is 24.4. The molecule has 0 fully saturated rings. The molecule has 0 bridgehead atoms. The fourth-order valence-electron chi connectivity index (χ4n) is 1.72. The lowest BCUT2D eigenvalue weighted by Crippen LogP contribution is -2.39. The molecule has 0 saturated carbocycles. The zero-order valence-electron chi connectivity index (χ0n) is 13.3. The number of carbonyl (C=O) groups excluding carboxylic acids is 1. The van der Waals surface area contributed by atoms with E-state index >= 15 is 0 Å². The normalized spacial score (nSPS) is 14.8. The molecule has 1 aromatic heterocycles. The predicted molar refractivity (Wildman–Crippen MR) is 77.3 cm³/mol. The number of amides is 1. The quantitative estimate of drug-likeness (QED) is 0.653. The molecule has 136 valence electrons. The number of alkyl carbamates (subject to hydrolysis) is 1. The topological polar surface area (TPSA) is 112 Å². The van der Waals surface area contributed by atoms with E-state index in [4.69, 9.17) is 4.74 Å². The largest absolute Gasteiger partial charge is 0.444 e. The van der Waals surface area contributed by atoms with Gasteiger partial charge in [-0.05, 0) is 26.8 Å². The first kappa shape index (κ1) is 20.0. The molecule has 10 heteroatoms. The Balaban J connectivity index is 2.78. The summed E-state index contributed by atoms with van der Waals surface area (Å²) in [6, 6.07) is 0.445. The van der Waals surface area contributed by atoms with Crippen LogP contribution < -0.4 is 10.9 Å². The number of pyridine rings is 1. The standard InChI is InChI=1S/C14H19F3N2O5/c1-13(2,3)24-12(23)19-6-9(20)10(21)7-4-8(14(15,16)17)11(22)18-5-7/h4-5,9-10,20-21H,6H2,1-3H3,(H,18,22)(H,19,23). The number of nitrogens with one attached hydrogen (secondary N) is 2. The number of halogens is 3. The van der Waals surface area contributed by atoms with Crippen LogP contribution in [0.15, 0.2) is 17.1 Å². The third-order valence-electron chi connectivity index (χ3n) is 2.79. The van der Waals surface area contributed by atoms with Crippen molar-refractivity contribution < 1.29 is 32.9 Å². The van der Waals surface area contributed by atoms with Crippen LogP contribution in [0, 0.1) is 0 Å². The third kappa shape index (κ3) is 5.85. The zero-order chi connectivity index (χ0) is 18.7. The molecule has 0 radical (unpaired) electrons. The van der Waals surface area contributed by atoms with Gasteiger partial charge < -0.3 is 25.3 Å². The fraction of sp³-hybridized carbons (Fsp3) is 0.571. The zero-order valence-corrected chi connectivity index (χ0v) is 13.3. The van der Waals surface area contributed by atoms with Gasteiger partial charge in [-0.2, -0.15) is 13.2 Å². The molecule has 1 rings (SSSR count). The van der Waals surface area contributed by atoms with Gasteiger partial charge in [-0.25, -0.2) is 4.79 Å². The number of hydrogen-bond donors (Lipinski definition) is 4. The Morgan fingerprint density at radius 2 is 1.92 bits per heavy atom. The minimum atomic E-state index is -4.90. The van der Waals surface area contributed by atoms with Crippen LogP contribution in [-0.4, -0.2) is 39.5 Å². The Kier molecular flexibility index (Phi) is 6.01. The lowest BCUT2D eigenvalue weighted by Gasteiger charge is -2.22. The molecule has 0 aliphatic heterocycles. The molecule has 7 nitrogen and oxygen atoms in total. The summed E-state index contributed by atoms with van der Waals surface area (Å²) in [5.41, 5.74) is -3.97. The minimum absolute atomic E-state index is 0.347. The molecule has 2 atom stereocenters. The third-order valence-corrected chi connectivity index (χ3v) is 2.79. The maximum atomic E-state index is 12.7. The van der Waals surface area contributed by atoms with Crippen LogP contribution in [0.4, 0.5) is 18.0 Å². The van der Waals surface area contributed by atoms with Crippen molar-refractivity contribution in [3.8, 4) is 0 Å². The molecule has 0 saturated heterocycles. The van der Waals surface area contributed by atoms with Crippen molar-refractivity contribution in [2.75, 3.05) is 6.54 Å². The number of aliphatic hydroxyl groups excluding tert-OH is 2. The average molecular weight is 352 g/mol. The van der Waals surface area contributed by atoms with Gasteiger partial charge in [0.25, 0.3) is 5.56 Å². The second-order valence-corrected chi connectivity index (χ2v) is 6.07. The van der Waals surface area contributed by atoms with Crippen LogP contribution in [0.2, 0.25) is 0 Å². The Morgan fingerprint density at radius 3 is 2.42 bits per heavy atom. The van der Waals surface area contributed by atoms with Gasteiger partial charge in [0.1, 0.15) is 23.4 Å². The number of rotatable bonds is 4. The summed E-state index contributed by atoms with van der Waals surface area (Å²) in [7, 11) is 0. The van der Waals surface area contributed by atoms with Gasteiger partial charge in [0.2, 0.25) is 0 Å². The number of alkyl halides is 3. The van der Waals surface area contributed by atoms with E-state index in [1.807, 2.05) is 4.98 Å². The Labute approximate surface area is 135 Å². The van der Waals surface area contributed by atoms with Gasteiger partial charge in [0.15, 0.2) is 0 Å². The summed E-state index contributed by atoms with van der Waals surface area (Å²) < 4.78 is 42.9. The summed E-state index contributed by atoms with van der Waals surface area (Å²) in [5.74, 6) is 0. The first-order chi connectivity index (χ1) is 10.8. The highest BCUT2D eigenvalue weighted by Gasteiger charge is 2.35. The fourth-order valence-corrected chi connectivity index (χ4v) is 1.72. The Hall–Kier alpha value is -2.07. The number of aliphatic hydroxyl groups is 2. The summed E-state index contributed by atoms with van der Waals surface area (Å²) >= 11 is 0. The van der Waals surface area contributed by atoms with E-state index in [-0.39, 0.29) is 5.56 Å². The van der Waals surface area contributed by atoms with Crippen LogP contribution in [0.5, 0.6) is 0 Å². The molecule has 0 aliphatic carbocycles. The SMILES string of the molecule is CC(C)(C)OC(=O)NCC(O)C(O)c1c[nH]c(=O)c(C(F)(F)F)c1. The second kappa shape index (κ2) is 7.22. The van der Waals surface area contributed by atoms with E-state index < -0.39 is 47.7 Å². The van der Waals surface area contributed by atoms with E-state index in [2.05, 4.69) is 5.32 Å². The number of aromatic amines is 1. The monoisotopic (exact) mass is 352 g/mol. The first-order valence-corrected chi connectivity index (χ1v) is 6.94. The van der Waals surface area contributed by atoms with Gasteiger partial charge in [-0.15, -0.1) is 0 Å². The number of aromatic nitrogens is 1. The number of carbonyl (C=O) groups is 1. The minimum Gasteiger partial charge on any atom is -0.444 e. The average Bonchev–Trinajstić information content (AvgIpc) is 2.41. The van der Waals surface area contributed by atoms with Crippen LogP contribution >= 0.6 is 0 Å². The highest BCUT2D eigenvalue weighted by Crippen LogP contribution is 2.28. The van der Waals surface area contributed by atoms with Crippen LogP contribution in [0.1, 0.15) is 38.0 Å². The summed E-state index contributed by atoms with van der Waals surface area (Å²) in [5, 5.41) is 21.9. The maximum Gasteiger partial charge on any atom is 0.421 e. The van der Waals surface area contributed by atoms with Gasteiger partial charge in [0, 0.05) is 18.3 Å². The van der Waals surface area contributed by atoms with E-state index in [9.17, 15) is 33.0 Å².